The van der Waals surface area contributed by atoms with Crippen molar-refractivity contribution in [2.75, 3.05) is 25.9 Å². The molecule has 1 fully saturated rings. The molecule has 0 heterocycles. The highest BCUT2D eigenvalue weighted by molar-refractivity contribution is 5.75. The Labute approximate surface area is 107 Å². The minimum atomic E-state index is -0.242. The van der Waals surface area contributed by atoms with Crippen LogP contribution in [-0.4, -0.2) is 36.2 Å². The van der Waals surface area contributed by atoms with Gasteiger partial charge < -0.3 is 21.1 Å². The summed E-state index contributed by atoms with van der Waals surface area (Å²) in [5, 5.41) is 11.8. The highest BCUT2D eigenvalue weighted by Crippen LogP contribution is 2.45. The third-order valence-electron chi connectivity index (χ3n) is 3.34. The summed E-state index contributed by atoms with van der Waals surface area (Å²) in [5.74, 6) is 0. The number of nitrogens with one attached hydrogen (secondary N) is 1. The van der Waals surface area contributed by atoms with Gasteiger partial charge >= 0.3 is 6.03 Å². The van der Waals surface area contributed by atoms with Crippen molar-refractivity contribution in [1.29, 1.82) is 0 Å². The second kappa shape index (κ2) is 4.86. The number of aliphatic hydroxyl groups excluding tert-OH is 1. The van der Waals surface area contributed by atoms with Gasteiger partial charge in [0.15, 0.2) is 0 Å². The van der Waals surface area contributed by atoms with Crippen LogP contribution < -0.4 is 11.1 Å². The Balaban J connectivity index is 2.04. The molecule has 0 bridgehead atoms. The Kier molecular flexibility index (Phi) is 3.43. The summed E-state index contributed by atoms with van der Waals surface area (Å²) in [6.45, 7) is 0.308. The van der Waals surface area contributed by atoms with Crippen LogP contribution in [-0.2, 0) is 5.54 Å². The zero-order chi connectivity index (χ0) is 13.2. The van der Waals surface area contributed by atoms with Gasteiger partial charge in [-0.05, 0) is 30.5 Å². The summed E-state index contributed by atoms with van der Waals surface area (Å²) in [5.41, 5.74) is 7.22. The van der Waals surface area contributed by atoms with E-state index in [1.807, 2.05) is 24.3 Å². The number of carbonyl (C=O) groups excluding carboxylic acids is 1. The molecule has 5 heteroatoms. The Morgan fingerprint density at radius 2 is 2.06 bits per heavy atom. The second-order valence-electron chi connectivity index (χ2n) is 4.78. The van der Waals surface area contributed by atoms with Crippen LogP contribution in [0.2, 0.25) is 0 Å². The van der Waals surface area contributed by atoms with Gasteiger partial charge in [-0.25, -0.2) is 4.79 Å². The second-order valence-corrected chi connectivity index (χ2v) is 4.78. The molecule has 1 aromatic rings. The summed E-state index contributed by atoms with van der Waals surface area (Å²) in [6.07, 6.45) is 1.88. The fourth-order valence-electron chi connectivity index (χ4n) is 1.96. The molecule has 0 radical (unpaired) electrons. The molecule has 1 aliphatic rings. The summed E-state index contributed by atoms with van der Waals surface area (Å²) in [7, 11) is 1.67. The molecule has 1 aromatic carbocycles. The lowest BCUT2D eigenvalue weighted by molar-refractivity contribution is 0.186. The number of carbonyl (C=O) groups is 1. The van der Waals surface area contributed by atoms with Gasteiger partial charge in [0, 0.05) is 19.3 Å². The number of aliphatic hydroxyl groups is 1. The molecule has 0 saturated heterocycles. The molecular formula is C13H19N3O2. The Hall–Kier alpha value is -1.75. The Bertz CT molecular complexity index is 426. The van der Waals surface area contributed by atoms with Crippen LogP contribution in [0.25, 0.3) is 0 Å². The van der Waals surface area contributed by atoms with Crippen molar-refractivity contribution >= 4 is 11.7 Å². The number of hydrogen-bond acceptors (Lipinski definition) is 3. The highest BCUT2D eigenvalue weighted by atomic mass is 16.3. The minimum Gasteiger partial charge on any atom is -0.399 e. The number of nitrogen functional groups attached to an aromatic ring is 1. The first-order valence-electron chi connectivity index (χ1n) is 6.07. The molecule has 4 N–H and O–H groups in total. The summed E-state index contributed by atoms with van der Waals surface area (Å²) < 4.78 is 0. The maximum atomic E-state index is 11.9. The largest absolute Gasteiger partial charge is 0.399 e. The minimum absolute atomic E-state index is 0.0290. The van der Waals surface area contributed by atoms with Crippen molar-refractivity contribution in [2.24, 2.45) is 0 Å². The van der Waals surface area contributed by atoms with Crippen molar-refractivity contribution in [3.8, 4) is 0 Å². The first kappa shape index (κ1) is 12.7. The highest BCUT2D eigenvalue weighted by Gasteiger charge is 2.46. The molecule has 98 valence electrons. The molecule has 18 heavy (non-hydrogen) atoms. The van der Waals surface area contributed by atoms with Crippen molar-refractivity contribution in [1.82, 2.24) is 10.2 Å². The van der Waals surface area contributed by atoms with Crippen molar-refractivity contribution in [3.05, 3.63) is 29.8 Å². The predicted octanol–water partition coefficient (Wildman–Crippen LogP) is 0.892. The van der Waals surface area contributed by atoms with Gasteiger partial charge in [0.1, 0.15) is 0 Å². The van der Waals surface area contributed by atoms with E-state index in [0.29, 0.717) is 6.54 Å². The van der Waals surface area contributed by atoms with Crippen molar-refractivity contribution in [3.63, 3.8) is 0 Å². The molecule has 0 atom stereocenters. The van der Waals surface area contributed by atoms with E-state index in [-0.39, 0.29) is 18.2 Å². The number of hydrogen-bond donors (Lipinski definition) is 3. The van der Waals surface area contributed by atoms with E-state index in [1.165, 1.54) is 4.90 Å². The fourth-order valence-corrected chi connectivity index (χ4v) is 1.96. The summed E-state index contributed by atoms with van der Waals surface area (Å²) in [4.78, 5) is 13.4. The first-order valence-corrected chi connectivity index (χ1v) is 6.07. The third-order valence-corrected chi connectivity index (χ3v) is 3.34. The SMILES string of the molecule is CN(CCO)C(=O)NC1(c2ccc(N)cc2)CC1. The average Bonchev–Trinajstić information content (AvgIpc) is 3.11. The standard InChI is InChI=1S/C13H19N3O2/c1-16(8-9-17)12(18)15-13(6-7-13)10-2-4-11(14)5-3-10/h2-5,17H,6-9,14H2,1H3,(H,15,18). The van der Waals surface area contributed by atoms with Gasteiger partial charge in [-0.1, -0.05) is 12.1 Å². The molecule has 5 nitrogen and oxygen atoms in total. The quantitative estimate of drug-likeness (QED) is 0.693. The molecule has 0 unspecified atom stereocenters. The molecule has 0 aliphatic heterocycles. The summed E-state index contributed by atoms with van der Waals surface area (Å²) >= 11 is 0. The number of likely N-dealkylation sites (N-methyl/N-ethyl adjacent to an activating group) is 1. The zero-order valence-electron chi connectivity index (χ0n) is 10.5. The number of amides is 2. The lowest BCUT2D eigenvalue weighted by Gasteiger charge is -2.23. The Morgan fingerprint density at radius 3 is 2.56 bits per heavy atom. The average molecular weight is 249 g/mol. The van der Waals surface area contributed by atoms with Gasteiger partial charge in [-0.15, -0.1) is 0 Å². The Morgan fingerprint density at radius 1 is 1.44 bits per heavy atom. The topological polar surface area (TPSA) is 78.6 Å². The molecule has 2 amide bonds. The molecule has 0 aromatic heterocycles. The lowest BCUT2D eigenvalue weighted by atomic mass is 10.0. The first-order chi connectivity index (χ1) is 8.57. The van der Waals surface area contributed by atoms with E-state index in [4.69, 9.17) is 10.8 Å². The van der Waals surface area contributed by atoms with Crippen LogP contribution in [0, 0.1) is 0 Å². The third kappa shape index (κ3) is 2.56. The maximum Gasteiger partial charge on any atom is 0.317 e. The number of anilines is 1. The van der Waals surface area contributed by atoms with Crippen LogP contribution in [0.3, 0.4) is 0 Å². The van der Waals surface area contributed by atoms with E-state index in [2.05, 4.69) is 5.32 Å². The van der Waals surface area contributed by atoms with E-state index in [9.17, 15) is 4.79 Å². The van der Waals surface area contributed by atoms with Gasteiger partial charge in [-0.3, -0.25) is 0 Å². The fraction of sp³-hybridized carbons (Fsp3) is 0.462. The van der Waals surface area contributed by atoms with Crippen LogP contribution in [0.1, 0.15) is 18.4 Å². The monoisotopic (exact) mass is 249 g/mol. The van der Waals surface area contributed by atoms with E-state index in [1.54, 1.807) is 7.05 Å². The molecule has 1 aliphatic carbocycles. The van der Waals surface area contributed by atoms with Gasteiger partial charge in [-0.2, -0.15) is 0 Å². The van der Waals surface area contributed by atoms with E-state index in [0.717, 1.165) is 24.1 Å². The molecular weight excluding hydrogens is 230 g/mol. The van der Waals surface area contributed by atoms with Gasteiger partial charge in [0.2, 0.25) is 0 Å². The van der Waals surface area contributed by atoms with E-state index < -0.39 is 0 Å². The lowest BCUT2D eigenvalue weighted by Crippen LogP contribution is -2.44. The van der Waals surface area contributed by atoms with Gasteiger partial charge in [0.25, 0.3) is 0 Å². The van der Waals surface area contributed by atoms with Crippen LogP contribution in [0.4, 0.5) is 10.5 Å². The van der Waals surface area contributed by atoms with Crippen LogP contribution in [0.15, 0.2) is 24.3 Å². The molecule has 0 spiro atoms. The number of nitrogens with zero attached hydrogens (tertiary/aromatic N) is 1. The van der Waals surface area contributed by atoms with E-state index >= 15 is 0 Å². The number of urea groups is 1. The molecule has 2 rings (SSSR count). The zero-order valence-corrected chi connectivity index (χ0v) is 10.5. The summed E-state index contributed by atoms with van der Waals surface area (Å²) in [6, 6.07) is 7.44. The number of benzene rings is 1. The predicted molar refractivity (Wildman–Crippen MR) is 70.0 cm³/mol. The maximum absolute atomic E-state index is 11.9. The van der Waals surface area contributed by atoms with Crippen molar-refractivity contribution < 1.29 is 9.90 Å². The normalized spacial score (nSPS) is 16.1. The van der Waals surface area contributed by atoms with Crippen molar-refractivity contribution in [2.45, 2.75) is 18.4 Å². The van der Waals surface area contributed by atoms with Crippen LogP contribution in [0.5, 0.6) is 0 Å². The number of rotatable bonds is 4. The smallest absolute Gasteiger partial charge is 0.317 e. The molecule has 1 saturated carbocycles. The van der Waals surface area contributed by atoms with Crippen LogP contribution >= 0.6 is 0 Å². The van der Waals surface area contributed by atoms with Gasteiger partial charge in [0.05, 0.1) is 12.1 Å². The number of nitrogens with two attached hydrogens (primary N) is 1.